The van der Waals surface area contributed by atoms with E-state index >= 15 is 0 Å². The van der Waals surface area contributed by atoms with Crippen LogP contribution in [0.1, 0.15) is 36.0 Å². The Labute approximate surface area is 167 Å². The van der Waals surface area contributed by atoms with Crippen molar-refractivity contribution in [3.63, 3.8) is 0 Å². The molecule has 142 valence electrons. The van der Waals surface area contributed by atoms with E-state index in [2.05, 4.69) is 55.8 Å². The van der Waals surface area contributed by atoms with Crippen LogP contribution in [0.4, 0.5) is 0 Å². The number of rotatable bonds is 7. The predicted octanol–water partition coefficient (Wildman–Crippen LogP) is 3.91. The van der Waals surface area contributed by atoms with Gasteiger partial charge < -0.3 is 20.1 Å². The van der Waals surface area contributed by atoms with Crippen LogP contribution in [0, 0.1) is 0 Å². The second-order valence-corrected chi connectivity index (χ2v) is 7.70. The Morgan fingerprint density at radius 1 is 1.19 bits per heavy atom. The first-order valence-corrected chi connectivity index (χ1v) is 9.95. The van der Waals surface area contributed by atoms with Gasteiger partial charge in [-0.1, -0.05) is 29.8 Å². The lowest BCUT2D eigenvalue weighted by Crippen LogP contribution is -2.36. The quantitative estimate of drug-likeness (QED) is 0.504. The zero-order chi connectivity index (χ0) is 19.1. The summed E-state index contributed by atoms with van der Waals surface area (Å²) in [6.07, 6.45) is 0. The normalized spacial score (nSPS) is 11.6. The van der Waals surface area contributed by atoms with E-state index in [1.54, 1.807) is 32.6 Å². The molecular formula is C18H25BrN4O2S. The standard InChI is InChI=1S/C18H25BrN4O2S/c1-11(2)14-10-26-17(23-14)9-22-18(20-3)21-8-12-6-15(24-4)16(25-5)7-13(12)19/h6-7,10-11H,8-9H2,1-5H3,(H2,20,21,22). The highest BCUT2D eigenvalue weighted by molar-refractivity contribution is 9.10. The molecule has 2 rings (SSSR count). The second-order valence-electron chi connectivity index (χ2n) is 5.90. The minimum atomic E-state index is 0.444. The number of nitrogens with zero attached hydrogens (tertiary/aromatic N) is 2. The Morgan fingerprint density at radius 2 is 1.85 bits per heavy atom. The van der Waals surface area contributed by atoms with E-state index in [4.69, 9.17) is 9.47 Å². The van der Waals surface area contributed by atoms with Crippen LogP contribution in [-0.2, 0) is 13.1 Å². The number of halogens is 1. The summed E-state index contributed by atoms with van der Waals surface area (Å²) in [5.74, 6) is 2.54. The van der Waals surface area contributed by atoms with E-state index in [1.807, 2.05) is 12.1 Å². The number of ether oxygens (including phenoxy) is 2. The van der Waals surface area contributed by atoms with Crippen LogP contribution >= 0.6 is 27.3 Å². The average Bonchev–Trinajstić information content (AvgIpc) is 3.11. The lowest BCUT2D eigenvalue weighted by atomic mass is 10.2. The first-order chi connectivity index (χ1) is 12.5. The van der Waals surface area contributed by atoms with Crippen molar-refractivity contribution >= 4 is 33.2 Å². The number of guanidine groups is 1. The molecule has 1 aromatic heterocycles. The number of hydrogen-bond donors (Lipinski definition) is 2. The minimum Gasteiger partial charge on any atom is -0.493 e. The van der Waals surface area contributed by atoms with Crippen molar-refractivity contribution in [1.82, 2.24) is 15.6 Å². The number of aromatic nitrogens is 1. The summed E-state index contributed by atoms with van der Waals surface area (Å²) >= 11 is 5.23. The topological polar surface area (TPSA) is 67.8 Å². The number of nitrogens with one attached hydrogen (secondary N) is 2. The van der Waals surface area contributed by atoms with Crippen molar-refractivity contribution in [2.45, 2.75) is 32.9 Å². The molecule has 0 aliphatic heterocycles. The minimum absolute atomic E-state index is 0.444. The molecule has 0 atom stereocenters. The molecule has 0 bridgehead atoms. The first kappa shape index (κ1) is 20.5. The van der Waals surface area contributed by atoms with Crippen molar-refractivity contribution in [3.8, 4) is 11.5 Å². The maximum absolute atomic E-state index is 5.37. The van der Waals surface area contributed by atoms with Gasteiger partial charge in [0.05, 0.1) is 26.5 Å². The van der Waals surface area contributed by atoms with Gasteiger partial charge in [0.15, 0.2) is 17.5 Å². The summed E-state index contributed by atoms with van der Waals surface area (Å²) in [4.78, 5) is 8.89. The number of thiazole rings is 1. The third-order valence-corrected chi connectivity index (χ3v) is 5.40. The van der Waals surface area contributed by atoms with E-state index in [-0.39, 0.29) is 0 Å². The zero-order valence-corrected chi connectivity index (χ0v) is 18.1. The molecule has 6 nitrogen and oxygen atoms in total. The molecule has 0 spiro atoms. The second kappa shape index (κ2) is 9.78. The van der Waals surface area contributed by atoms with Gasteiger partial charge in [-0.3, -0.25) is 4.99 Å². The summed E-state index contributed by atoms with van der Waals surface area (Å²) in [5, 5.41) is 9.75. The highest BCUT2D eigenvalue weighted by Gasteiger charge is 2.11. The molecule has 0 aliphatic carbocycles. The fourth-order valence-electron chi connectivity index (χ4n) is 2.26. The molecule has 0 amide bonds. The van der Waals surface area contributed by atoms with Crippen LogP contribution in [0.25, 0.3) is 0 Å². The molecule has 0 radical (unpaired) electrons. The highest BCUT2D eigenvalue weighted by Crippen LogP contribution is 2.33. The highest BCUT2D eigenvalue weighted by atomic mass is 79.9. The number of aliphatic imine (C=N–C) groups is 1. The summed E-state index contributed by atoms with van der Waals surface area (Å²) in [5.41, 5.74) is 2.17. The van der Waals surface area contributed by atoms with Crippen molar-refractivity contribution in [3.05, 3.63) is 38.3 Å². The van der Waals surface area contributed by atoms with Crippen LogP contribution in [-0.4, -0.2) is 32.2 Å². The Balaban J connectivity index is 1.96. The van der Waals surface area contributed by atoms with E-state index in [0.29, 0.717) is 36.5 Å². The van der Waals surface area contributed by atoms with Crippen molar-refractivity contribution in [2.24, 2.45) is 4.99 Å². The van der Waals surface area contributed by atoms with E-state index < -0.39 is 0 Å². The Morgan fingerprint density at radius 3 is 2.42 bits per heavy atom. The van der Waals surface area contributed by atoms with Crippen LogP contribution in [0.2, 0.25) is 0 Å². The monoisotopic (exact) mass is 440 g/mol. The van der Waals surface area contributed by atoms with Gasteiger partial charge in [0, 0.05) is 23.4 Å². The molecule has 2 aromatic rings. The summed E-state index contributed by atoms with van der Waals surface area (Å²) < 4.78 is 11.6. The van der Waals surface area contributed by atoms with Gasteiger partial charge >= 0.3 is 0 Å². The Hall–Kier alpha value is -1.80. The van der Waals surface area contributed by atoms with Crippen molar-refractivity contribution in [1.29, 1.82) is 0 Å². The molecular weight excluding hydrogens is 416 g/mol. The van der Waals surface area contributed by atoms with Gasteiger partial charge in [0.1, 0.15) is 5.01 Å². The van der Waals surface area contributed by atoms with Gasteiger partial charge in [-0.15, -0.1) is 11.3 Å². The maximum atomic E-state index is 5.37. The molecule has 1 heterocycles. The number of hydrogen-bond acceptors (Lipinski definition) is 5. The fraction of sp³-hybridized carbons (Fsp3) is 0.444. The smallest absolute Gasteiger partial charge is 0.191 e. The molecule has 0 saturated heterocycles. The van der Waals surface area contributed by atoms with Crippen LogP contribution in [0.15, 0.2) is 27.0 Å². The largest absolute Gasteiger partial charge is 0.493 e. The van der Waals surface area contributed by atoms with Crippen molar-refractivity contribution < 1.29 is 9.47 Å². The van der Waals surface area contributed by atoms with Crippen LogP contribution in [0.3, 0.4) is 0 Å². The molecule has 0 aliphatic rings. The maximum Gasteiger partial charge on any atom is 0.191 e. The van der Waals surface area contributed by atoms with Crippen molar-refractivity contribution in [2.75, 3.05) is 21.3 Å². The van der Waals surface area contributed by atoms with E-state index in [0.717, 1.165) is 20.7 Å². The zero-order valence-electron chi connectivity index (χ0n) is 15.7. The fourth-order valence-corrected chi connectivity index (χ4v) is 3.62. The SMILES string of the molecule is CN=C(NCc1nc(C(C)C)cs1)NCc1cc(OC)c(OC)cc1Br. The molecule has 0 saturated carbocycles. The van der Waals surface area contributed by atoms with Crippen LogP contribution < -0.4 is 20.1 Å². The Bertz CT molecular complexity index is 762. The number of benzene rings is 1. The molecule has 26 heavy (non-hydrogen) atoms. The third kappa shape index (κ3) is 5.35. The molecule has 0 unspecified atom stereocenters. The molecule has 0 fully saturated rings. The van der Waals surface area contributed by atoms with Gasteiger partial charge in [-0.25, -0.2) is 4.98 Å². The van der Waals surface area contributed by atoms with E-state index in [1.165, 1.54) is 0 Å². The predicted molar refractivity (Wildman–Crippen MR) is 110 cm³/mol. The lowest BCUT2D eigenvalue weighted by molar-refractivity contribution is 0.354. The van der Waals surface area contributed by atoms with E-state index in [9.17, 15) is 0 Å². The summed E-state index contributed by atoms with van der Waals surface area (Å²) in [6, 6.07) is 3.84. The average molecular weight is 441 g/mol. The number of methoxy groups -OCH3 is 2. The Kier molecular flexibility index (Phi) is 7.71. The van der Waals surface area contributed by atoms with Gasteiger partial charge in [-0.2, -0.15) is 0 Å². The van der Waals surface area contributed by atoms with Gasteiger partial charge in [0.2, 0.25) is 0 Å². The van der Waals surface area contributed by atoms with Gasteiger partial charge in [-0.05, 0) is 23.6 Å². The van der Waals surface area contributed by atoms with Crippen LogP contribution in [0.5, 0.6) is 11.5 Å². The third-order valence-electron chi connectivity index (χ3n) is 3.79. The lowest BCUT2D eigenvalue weighted by Gasteiger charge is -2.14. The van der Waals surface area contributed by atoms with Gasteiger partial charge in [0.25, 0.3) is 0 Å². The summed E-state index contributed by atoms with van der Waals surface area (Å²) in [6.45, 7) is 5.53. The first-order valence-electron chi connectivity index (χ1n) is 8.27. The molecule has 8 heteroatoms. The summed E-state index contributed by atoms with van der Waals surface area (Å²) in [7, 11) is 5.00. The molecule has 1 aromatic carbocycles. The molecule has 2 N–H and O–H groups in total.